The lowest BCUT2D eigenvalue weighted by Crippen LogP contribution is -2.61. The van der Waals surface area contributed by atoms with Crippen molar-refractivity contribution in [2.24, 2.45) is 5.73 Å². The van der Waals surface area contributed by atoms with Gasteiger partial charge in [-0.25, -0.2) is 0 Å². The van der Waals surface area contributed by atoms with Crippen molar-refractivity contribution in [1.82, 2.24) is 0 Å². The van der Waals surface area contributed by atoms with Crippen LogP contribution in [-0.4, -0.2) is 42.5 Å². The van der Waals surface area contributed by atoms with Gasteiger partial charge >= 0.3 is 0 Å². The Hall–Kier alpha value is -0.200. The van der Waals surface area contributed by atoms with Crippen molar-refractivity contribution in [2.75, 3.05) is 6.61 Å². The fourth-order valence-corrected chi connectivity index (χ4v) is 2.88. The second kappa shape index (κ2) is 3.17. The van der Waals surface area contributed by atoms with Crippen molar-refractivity contribution < 1.29 is 18.9 Å². The smallest absolute Gasteiger partial charge is 0.176 e. The molecule has 3 aliphatic rings. The van der Waals surface area contributed by atoms with E-state index >= 15 is 0 Å². The first-order valence-corrected chi connectivity index (χ1v) is 5.88. The highest BCUT2D eigenvalue weighted by Gasteiger charge is 2.64. The average Bonchev–Trinajstić information content (AvgIpc) is 2.76. The van der Waals surface area contributed by atoms with Crippen molar-refractivity contribution in [1.29, 1.82) is 0 Å². The highest BCUT2D eigenvalue weighted by atomic mass is 16.8. The number of ether oxygens (including phenoxy) is 4. The highest BCUT2D eigenvalue weighted by Crippen LogP contribution is 2.46. The fraction of sp³-hybridized carbons (Fsp3) is 1.00. The largest absolute Gasteiger partial charge is 0.348 e. The third kappa shape index (κ3) is 1.29. The van der Waals surface area contributed by atoms with Crippen LogP contribution in [0.5, 0.6) is 0 Å². The minimum atomic E-state index is -0.580. The first kappa shape index (κ1) is 10.9. The van der Waals surface area contributed by atoms with Crippen LogP contribution in [0.25, 0.3) is 0 Å². The van der Waals surface area contributed by atoms with E-state index in [4.69, 9.17) is 24.7 Å². The van der Waals surface area contributed by atoms with E-state index in [1.54, 1.807) is 0 Å². The van der Waals surface area contributed by atoms with Crippen LogP contribution in [-0.2, 0) is 18.9 Å². The summed E-state index contributed by atoms with van der Waals surface area (Å²) in [7, 11) is 0. The van der Waals surface area contributed by atoms with Gasteiger partial charge in [-0.3, -0.25) is 0 Å². The van der Waals surface area contributed by atoms with Crippen molar-refractivity contribution in [2.45, 2.75) is 63.1 Å². The van der Waals surface area contributed by atoms with Crippen molar-refractivity contribution in [3.05, 3.63) is 0 Å². The maximum atomic E-state index is 6.08. The molecule has 3 rings (SSSR count). The minimum Gasteiger partial charge on any atom is -0.348 e. The van der Waals surface area contributed by atoms with Crippen LogP contribution in [0.3, 0.4) is 0 Å². The van der Waals surface area contributed by atoms with E-state index < -0.39 is 5.79 Å². The molecule has 3 saturated heterocycles. The normalized spacial score (nSPS) is 54.0. The van der Waals surface area contributed by atoms with E-state index in [-0.39, 0.29) is 30.1 Å². The zero-order valence-electron chi connectivity index (χ0n) is 9.93. The number of hydrogen-bond acceptors (Lipinski definition) is 5. The maximum Gasteiger partial charge on any atom is 0.176 e. The summed E-state index contributed by atoms with van der Waals surface area (Å²) in [6, 6.07) is -0.269. The Bertz CT molecular complexity index is 308. The van der Waals surface area contributed by atoms with E-state index in [0.29, 0.717) is 6.61 Å². The van der Waals surface area contributed by atoms with Gasteiger partial charge in [0, 0.05) is 0 Å². The van der Waals surface area contributed by atoms with E-state index in [1.807, 2.05) is 13.8 Å². The summed E-state index contributed by atoms with van der Waals surface area (Å²) in [5, 5.41) is 0. The Morgan fingerprint density at radius 2 is 2.00 bits per heavy atom. The summed E-state index contributed by atoms with van der Waals surface area (Å²) in [5.74, 6) is -0.580. The summed E-state index contributed by atoms with van der Waals surface area (Å²) in [5.41, 5.74) is 5.71. The predicted molar refractivity (Wildman–Crippen MR) is 55.6 cm³/mol. The first-order valence-electron chi connectivity index (χ1n) is 5.88. The monoisotopic (exact) mass is 229 g/mol. The molecule has 3 heterocycles. The topological polar surface area (TPSA) is 62.9 Å². The van der Waals surface area contributed by atoms with Gasteiger partial charge in [0.05, 0.1) is 12.6 Å². The molecular formula is C11H19NO4. The van der Waals surface area contributed by atoms with E-state index in [1.165, 1.54) is 0 Å². The molecule has 0 spiro atoms. The van der Waals surface area contributed by atoms with Crippen LogP contribution >= 0.6 is 0 Å². The second-order valence-electron chi connectivity index (χ2n) is 5.31. The molecule has 3 aliphatic heterocycles. The van der Waals surface area contributed by atoms with Gasteiger partial charge < -0.3 is 24.7 Å². The Morgan fingerprint density at radius 3 is 2.69 bits per heavy atom. The lowest BCUT2D eigenvalue weighted by atomic mass is 9.86. The summed E-state index contributed by atoms with van der Waals surface area (Å²) < 4.78 is 23.3. The molecule has 0 amide bonds. The lowest BCUT2D eigenvalue weighted by Gasteiger charge is -2.40. The summed E-state index contributed by atoms with van der Waals surface area (Å²) in [6.07, 6.45) is 0.243. The molecular weight excluding hydrogens is 210 g/mol. The van der Waals surface area contributed by atoms with Crippen molar-refractivity contribution in [3.63, 3.8) is 0 Å². The molecule has 0 aliphatic carbocycles. The molecule has 92 valence electrons. The van der Waals surface area contributed by atoms with Gasteiger partial charge in [0.1, 0.15) is 17.8 Å². The Balaban J connectivity index is 1.95. The maximum absolute atomic E-state index is 6.08. The van der Waals surface area contributed by atoms with Gasteiger partial charge in [-0.1, -0.05) is 6.92 Å². The Kier molecular flexibility index (Phi) is 2.17. The molecule has 3 fully saturated rings. The number of fused-ring (bicyclic) bond motifs is 4. The second-order valence-corrected chi connectivity index (χ2v) is 5.31. The molecule has 0 aromatic heterocycles. The molecule has 5 nitrogen and oxygen atoms in total. The quantitative estimate of drug-likeness (QED) is 0.703. The zero-order valence-corrected chi connectivity index (χ0v) is 9.93. The van der Waals surface area contributed by atoms with Gasteiger partial charge in [-0.15, -0.1) is 0 Å². The van der Waals surface area contributed by atoms with E-state index in [9.17, 15) is 0 Å². The fourth-order valence-electron chi connectivity index (χ4n) is 2.88. The zero-order chi connectivity index (χ0) is 11.6. The van der Waals surface area contributed by atoms with Gasteiger partial charge in [0.15, 0.2) is 12.1 Å². The molecule has 16 heavy (non-hydrogen) atoms. The average molecular weight is 229 g/mol. The molecule has 0 aromatic carbocycles. The van der Waals surface area contributed by atoms with E-state index in [0.717, 1.165) is 6.42 Å². The standard InChI is InChI=1S/C11H19NO4/c1-4-11-5-13-9(16-11)6(12)7-8(11)15-10(2,3)14-7/h6-9H,4-5,12H2,1-3H3/t6?,7-,8-,9?,11+/m1/s1. The number of hydrogen-bond donors (Lipinski definition) is 1. The lowest BCUT2D eigenvalue weighted by molar-refractivity contribution is -0.193. The van der Waals surface area contributed by atoms with Crippen LogP contribution in [0.4, 0.5) is 0 Å². The van der Waals surface area contributed by atoms with Crippen molar-refractivity contribution >= 4 is 0 Å². The van der Waals surface area contributed by atoms with Gasteiger partial charge in [-0.05, 0) is 20.3 Å². The predicted octanol–water partition coefficient (Wildman–Crippen LogP) is 0.369. The first-order chi connectivity index (χ1) is 7.47. The summed E-state index contributed by atoms with van der Waals surface area (Å²) in [4.78, 5) is 0. The SMILES string of the molecule is CC[C@@]12COC(O1)C(N)[C@H]1OC(C)(C)O[C@H]12. The third-order valence-corrected chi connectivity index (χ3v) is 3.78. The van der Waals surface area contributed by atoms with Crippen LogP contribution in [0, 0.1) is 0 Å². The molecule has 5 atom stereocenters. The Morgan fingerprint density at radius 1 is 1.25 bits per heavy atom. The van der Waals surface area contributed by atoms with E-state index in [2.05, 4.69) is 6.92 Å². The van der Waals surface area contributed by atoms with Crippen LogP contribution in [0.15, 0.2) is 0 Å². The highest BCUT2D eigenvalue weighted by molar-refractivity contribution is 5.08. The van der Waals surface area contributed by atoms with Crippen LogP contribution in [0.2, 0.25) is 0 Å². The summed E-state index contributed by atoms with van der Waals surface area (Å²) >= 11 is 0. The number of nitrogens with two attached hydrogens (primary N) is 1. The third-order valence-electron chi connectivity index (χ3n) is 3.78. The van der Waals surface area contributed by atoms with Gasteiger partial charge in [0.25, 0.3) is 0 Å². The molecule has 0 aromatic rings. The van der Waals surface area contributed by atoms with Gasteiger partial charge in [0.2, 0.25) is 0 Å². The van der Waals surface area contributed by atoms with Crippen LogP contribution in [0.1, 0.15) is 27.2 Å². The number of rotatable bonds is 1. The molecule has 2 bridgehead atoms. The Labute approximate surface area is 95.2 Å². The van der Waals surface area contributed by atoms with Crippen LogP contribution < -0.4 is 5.73 Å². The van der Waals surface area contributed by atoms with Gasteiger partial charge in [-0.2, -0.15) is 0 Å². The molecule has 0 saturated carbocycles. The molecule has 2 N–H and O–H groups in total. The molecule has 2 unspecified atom stereocenters. The molecule has 0 radical (unpaired) electrons. The van der Waals surface area contributed by atoms with Crippen molar-refractivity contribution in [3.8, 4) is 0 Å². The minimum absolute atomic E-state index is 0.124. The molecule has 5 heteroatoms. The summed E-state index contributed by atoms with van der Waals surface area (Å²) in [6.45, 7) is 6.45.